The third-order valence-electron chi connectivity index (χ3n) is 3.43. The number of aromatic amines is 1. The standard InChI is InChI=1S/C12H13ClN2S/c1-2-7-6-10(7)15-11-8(13)4-3-5-9(11)14-12(15)16/h3-5,7,10H,2,6H2,1H3,(H,14,16). The molecule has 4 heteroatoms. The summed E-state index contributed by atoms with van der Waals surface area (Å²) in [4.78, 5) is 3.23. The van der Waals surface area contributed by atoms with E-state index < -0.39 is 0 Å². The van der Waals surface area contributed by atoms with Gasteiger partial charge >= 0.3 is 0 Å². The van der Waals surface area contributed by atoms with Crippen molar-refractivity contribution in [2.75, 3.05) is 0 Å². The molecule has 0 aliphatic heterocycles. The molecule has 0 amide bonds. The van der Waals surface area contributed by atoms with Gasteiger partial charge in [0.1, 0.15) is 0 Å². The summed E-state index contributed by atoms with van der Waals surface area (Å²) in [6, 6.07) is 6.44. The largest absolute Gasteiger partial charge is 0.331 e. The highest BCUT2D eigenvalue weighted by Gasteiger charge is 2.38. The molecule has 0 radical (unpaired) electrons. The van der Waals surface area contributed by atoms with E-state index in [9.17, 15) is 0 Å². The van der Waals surface area contributed by atoms with E-state index in [2.05, 4.69) is 16.5 Å². The Hall–Kier alpha value is -0.800. The Morgan fingerprint density at radius 2 is 2.38 bits per heavy atom. The van der Waals surface area contributed by atoms with Crippen LogP contribution >= 0.6 is 23.8 Å². The highest BCUT2D eigenvalue weighted by molar-refractivity contribution is 7.71. The summed E-state index contributed by atoms with van der Waals surface area (Å²) in [7, 11) is 0. The molecule has 3 rings (SSSR count). The van der Waals surface area contributed by atoms with Crippen LogP contribution < -0.4 is 0 Å². The van der Waals surface area contributed by atoms with Gasteiger partial charge in [-0.1, -0.05) is 31.0 Å². The number of imidazole rings is 1. The molecule has 16 heavy (non-hydrogen) atoms. The third kappa shape index (κ3) is 1.42. The van der Waals surface area contributed by atoms with Gasteiger partial charge < -0.3 is 9.55 Å². The average Bonchev–Trinajstić information content (AvgIpc) is 2.95. The quantitative estimate of drug-likeness (QED) is 0.790. The molecule has 0 saturated heterocycles. The van der Waals surface area contributed by atoms with Crippen molar-refractivity contribution < 1.29 is 0 Å². The van der Waals surface area contributed by atoms with Gasteiger partial charge in [0.15, 0.2) is 4.77 Å². The van der Waals surface area contributed by atoms with Gasteiger partial charge in [0, 0.05) is 6.04 Å². The Morgan fingerprint density at radius 1 is 1.56 bits per heavy atom. The van der Waals surface area contributed by atoms with Crippen molar-refractivity contribution in [3.05, 3.63) is 28.0 Å². The molecule has 1 aliphatic carbocycles. The summed E-state index contributed by atoms with van der Waals surface area (Å²) in [5.41, 5.74) is 2.11. The van der Waals surface area contributed by atoms with E-state index in [-0.39, 0.29) is 0 Å². The lowest BCUT2D eigenvalue weighted by Crippen LogP contribution is -1.96. The summed E-state index contributed by atoms with van der Waals surface area (Å²) >= 11 is 11.6. The van der Waals surface area contributed by atoms with E-state index in [0.717, 1.165) is 26.7 Å². The first-order valence-corrected chi connectivity index (χ1v) is 6.39. The Kier molecular flexibility index (Phi) is 2.33. The molecule has 2 nitrogen and oxygen atoms in total. The zero-order valence-electron chi connectivity index (χ0n) is 9.03. The molecule has 1 saturated carbocycles. The predicted molar refractivity (Wildman–Crippen MR) is 69.6 cm³/mol. The molecule has 1 aromatic heterocycles. The number of hydrogen-bond acceptors (Lipinski definition) is 1. The second-order valence-electron chi connectivity index (χ2n) is 4.41. The molecule has 2 aromatic rings. The second kappa shape index (κ2) is 3.60. The molecule has 0 bridgehead atoms. The highest BCUT2D eigenvalue weighted by atomic mass is 35.5. The average molecular weight is 253 g/mol. The Bertz CT molecular complexity index is 599. The van der Waals surface area contributed by atoms with Gasteiger partial charge in [-0.05, 0) is 36.7 Å². The summed E-state index contributed by atoms with van der Waals surface area (Å²) in [5, 5.41) is 0.784. The summed E-state index contributed by atoms with van der Waals surface area (Å²) in [6.45, 7) is 2.23. The SMILES string of the molecule is CCC1CC1n1c(=S)[nH]c2cccc(Cl)c21. The Labute approximate surface area is 104 Å². The molecule has 1 aromatic carbocycles. The molecular formula is C12H13ClN2S. The van der Waals surface area contributed by atoms with Crippen molar-refractivity contribution in [2.24, 2.45) is 5.92 Å². The van der Waals surface area contributed by atoms with Gasteiger partial charge in [-0.25, -0.2) is 0 Å². The lowest BCUT2D eigenvalue weighted by molar-refractivity contribution is 0.648. The number of H-pyrrole nitrogens is 1. The van der Waals surface area contributed by atoms with E-state index in [0.29, 0.717) is 6.04 Å². The van der Waals surface area contributed by atoms with E-state index in [1.54, 1.807) is 0 Å². The van der Waals surface area contributed by atoms with Gasteiger partial charge in [0.2, 0.25) is 0 Å². The normalized spacial score (nSPS) is 23.9. The molecule has 1 heterocycles. The van der Waals surface area contributed by atoms with E-state index in [4.69, 9.17) is 23.8 Å². The number of hydrogen-bond donors (Lipinski definition) is 1. The molecule has 84 valence electrons. The zero-order chi connectivity index (χ0) is 11.3. The van der Waals surface area contributed by atoms with E-state index >= 15 is 0 Å². The maximum absolute atomic E-state index is 6.25. The maximum Gasteiger partial charge on any atom is 0.178 e. The molecule has 1 aliphatic rings. The number of para-hydroxylation sites is 1. The number of benzene rings is 1. The third-order valence-corrected chi connectivity index (χ3v) is 4.03. The number of nitrogens with one attached hydrogen (secondary N) is 1. The monoisotopic (exact) mass is 252 g/mol. The smallest absolute Gasteiger partial charge is 0.178 e. The van der Waals surface area contributed by atoms with Gasteiger partial charge in [-0.15, -0.1) is 0 Å². The number of nitrogens with zero attached hydrogens (tertiary/aromatic N) is 1. The molecule has 1 N–H and O–H groups in total. The van der Waals surface area contributed by atoms with Crippen molar-refractivity contribution in [3.63, 3.8) is 0 Å². The molecular weight excluding hydrogens is 240 g/mol. The second-order valence-corrected chi connectivity index (χ2v) is 5.20. The van der Waals surface area contributed by atoms with E-state index in [1.807, 2.05) is 18.2 Å². The molecule has 2 atom stereocenters. The van der Waals surface area contributed by atoms with E-state index in [1.165, 1.54) is 12.8 Å². The lowest BCUT2D eigenvalue weighted by Gasteiger charge is -2.04. The molecule has 2 unspecified atom stereocenters. The van der Waals surface area contributed by atoms with Crippen molar-refractivity contribution in [1.82, 2.24) is 9.55 Å². The predicted octanol–water partition coefficient (Wildman–Crippen LogP) is 4.32. The highest BCUT2D eigenvalue weighted by Crippen LogP contribution is 2.47. The molecule has 0 spiro atoms. The maximum atomic E-state index is 6.25. The molecule has 1 fully saturated rings. The van der Waals surface area contributed by atoms with Crippen LogP contribution in [-0.4, -0.2) is 9.55 Å². The van der Waals surface area contributed by atoms with Crippen LogP contribution in [0.1, 0.15) is 25.8 Å². The van der Waals surface area contributed by atoms with Crippen LogP contribution in [-0.2, 0) is 0 Å². The number of fused-ring (bicyclic) bond motifs is 1. The van der Waals surface area contributed by atoms with Crippen LogP contribution in [0.3, 0.4) is 0 Å². The van der Waals surface area contributed by atoms with Crippen molar-refractivity contribution in [3.8, 4) is 0 Å². The van der Waals surface area contributed by atoms with Gasteiger partial charge in [-0.3, -0.25) is 0 Å². The minimum atomic E-state index is 0.547. The van der Waals surface area contributed by atoms with Gasteiger partial charge in [0.25, 0.3) is 0 Å². The number of halogens is 1. The number of rotatable bonds is 2. The first-order chi connectivity index (χ1) is 7.72. The fourth-order valence-electron chi connectivity index (χ4n) is 2.44. The summed E-state index contributed by atoms with van der Waals surface area (Å²) in [6.07, 6.45) is 2.44. The summed E-state index contributed by atoms with van der Waals surface area (Å²) in [5.74, 6) is 0.766. The topological polar surface area (TPSA) is 20.7 Å². The Morgan fingerprint density at radius 3 is 3.06 bits per heavy atom. The van der Waals surface area contributed by atoms with Crippen molar-refractivity contribution >= 4 is 34.9 Å². The van der Waals surface area contributed by atoms with Crippen LogP contribution in [0.4, 0.5) is 0 Å². The van der Waals surface area contributed by atoms with Crippen molar-refractivity contribution in [1.29, 1.82) is 0 Å². The first kappa shape index (κ1) is 10.4. The first-order valence-electron chi connectivity index (χ1n) is 5.61. The van der Waals surface area contributed by atoms with Crippen LogP contribution in [0.25, 0.3) is 11.0 Å². The van der Waals surface area contributed by atoms with Gasteiger partial charge in [-0.2, -0.15) is 0 Å². The summed E-state index contributed by atoms with van der Waals surface area (Å²) < 4.78 is 2.99. The van der Waals surface area contributed by atoms with Gasteiger partial charge in [0.05, 0.1) is 16.1 Å². The van der Waals surface area contributed by atoms with Crippen LogP contribution in [0.2, 0.25) is 5.02 Å². The van der Waals surface area contributed by atoms with Crippen molar-refractivity contribution in [2.45, 2.75) is 25.8 Å². The minimum absolute atomic E-state index is 0.547. The van der Waals surface area contributed by atoms with Crippen LogP contribution in [0.5, 0.6) is 0 Å². The zero-order valence-corrected chi connectivity index (χ0v) is 10.6. The van der Waals surface area contributed by atoms with Crippen LogP contribution in [0.15, 0.2) is 18.2 Å². The number of aromatic nitrogens is 2. The fourth-order valence-corrected chi connectivity index (χ4v) is 3.04. The Balaban J connectivity index is 2.24. The fraction of sp³-hybridized carbons (Fsp3) is 0.417. The van der Waals surface area contributed by atoms with Crippen LogP contribution in [0, 0.1) is 10.7 Å². The minimum Gasteiger partial charge on any atom is -0.331 e. The lowest BCUT2D eigenvalue weighted by atomic mass is 10.3.